The minimum absolute atomic E-state index is 0.133. The molecule has 0 saturated heterocycles. The van der Waals surface area contributed by atoms with Gasteiger partial charge in [-0.2, -0.15) is 4.98 Å². The molecule has 0 atom stereocenters. The molecule has 2 amide bonds. The number of anilines is 3. The van der Waals surface area contributed by atoms with E-state index in [1.54, 1.807) is 24.2 Å². The number of nitrogens with one attached hydrogen (secondary N) is 1. The fourth-order valence-corrected chi connectivity index (χ4v) is 5.01. The molecule has 1 N–H and O–H groups in total. The normalized spacial score (nSPS) is 21.7. The van der Waals surface area contributed by atoms with Gasteiger partial charge in [0.15, 0.2) is 0 Å². The predicted octanol–water partition coefficient (Wildman–Crippen LogP) is 3.76. The number of carbonyl (C=O) groups excluding carboxylic acids is 1. The number of rotatable bonds is 5. The number of benzene rings is 1. The summed E-state index contributed by atoms with van der Waals surface area (Å²) in [6.45, 7) is 0.334. The van der Waals surface area contributed by atoms with Gasteiger partial charge in [0.2, 0.25) is 5.95 Å². The average Bonchev–Trinajstić information content (AvgIpc) is 2.72. The molecule has 9 nitrogen and oxygen atoms in total. The molecular weight excluding hydrogens is 440 g/mol. The van der Waals surface area contributed by atoms with Crippen molar-refractivity contribution in [3.8, 4) is 0 Å². The SMILES string of the molecule is CN1C(=O)N(c2ccccc2Cl)Cc2cnc(NC3CCC([N-]S(C)(=O)=O)CC3)nc21. The summed E-state index contributed by atoms with van der Waals surface area (Å²) in [4.78, 5) is 25.1. The van der Waals surface area contributed by atoms with Crippen molar-refractivity contribution in [2.75, 3.05) is 28.4 Å². The first kappa shape index (κ1) is 21.8. The van der Waals surface area contributed by atoms with Crippen LogP contribution in [0.15, 0.2) is 30.5 Å². The molecule has 0 unspecified atom stereocenters. The standard InChI is InChI=1S/C20H24ClN6O3S/c1-26-18-13(12-27(20(26)28)17-6-4-3-5-16(17)21)11-22-19(24-18)23-14-7-9-15(10-8-14)25-31(2,29)30/h3-6,11,14-15H,7-10,12H2,1-2H3,(H,22,23,24)/q-1. The van der Waals surface area contributed by atoms with Crippen LogP contribution in [0.3, 0.4) is 0 Å². The molecule has 4 rings (SSSR count). The summed E-state index contributed by atoms with van der Waals surface area (Å²) in [6.07, 6.45) is 5.80. The number of carbonyl (C=O) groups is 1. The van der Waals surface area contributed by atoms with Crippen LogP contribution < -0.4 is 15.1 Å². The van der Waals surface area contributed by atoms with E-state index in [-0.39, 0.29) is 18.1 Å². The summed E-state index contributed by atoms with van der Waals surface area (Å²) in [6, 6.07) is 6.98. The first-order valence-corrected chi connectivity index (χ1v) is 12.3. The number of hydrogen-bond acceptors (Lipinski definition) is 6. The lowest BCUT2D eigenvalue weighted by molar-refractivity contribution is 0.251. The average molecular weight is 464 g/mol. The van der Waals surface area contributed by atoms with Gasteiger partial charge in [0.25, 0.3) is 0 Å². The number of aromatic nitrogens is 2. The summed E-state index contributed by atoms with van der Waals surface area (Å²) < 4.78 is 26.6. The molecule has 2 aromatic rings. The highest BCUT2D eigenvalue weighted by molar-refractivity contribution is 7.93. The first-order valence-electron chi connectivity index (χ1n) is 10.1. The van der Waals surface area contributed by atoms with E-state index in [1.807, 2.05) is 18.2 Å². The number of sulfonamides is 1. The van der Waals surface area contributed by atoms with E-state index in [0.29, 0.717) is 41.9 Å². The Morgan fingerprint density at radius 3 is 2.58 bits per heavy atom. The summed E-state index contributed by atoms with van der Waals surface area (Å²) in [7, 11) is -1.64. The van der Waals surface area contributed by atoms with Gasteiger partial charge < -0.3 is 10.0 Å². The summed E-state index contributed by atoms with van der Waals surface area (Å²) >= 11 is 6.28. The van der Waals surface area contributed by atoms with Crippen LogP contribution in [0.5, 0.6) is 0 Å². The van der Waals surface area contributed by atoms with Crippen LogP contribution in [0, 0.1) is 0 Å². The van der Waals surface area contributed by atoms with Crippen LogP contribution in [0.4, 0.5) is 22.2 Å². The van der Waals surface area contributed by atoms with Gasteiger partial charge in [0.1, 0.15) is 5.82 Å². The van der Waals surface area contributed by atoms with Crippen LogP contribution in [0.25, 0.3) is 4.72 Å². The fraction of sp³-hybridized carbons (Fsp3) is 0.450. The lowest BCUT2D eigenvalue weighted by Gasteiger charge is -2.37. The van der Waals surface area contributed by atoms with Crippen molar-refractivity contribution < 1.29 is 13.2 Å². The van der Waals surface area contributed by atoms with E-state index in [2.05, 4.69) is 20.0 Å². The van der Waals surface area contributed by atoms with Gasteiger partial charge in [0.05, 0.1) is 27.3 Å². The highest BCUT2D eigenvalue weighted by atomic mass is 35.5. The number of urea groups is 1. The molecule has 0 spiro atoms. The Morgan fingerprint density at radius 2 is 1.90 bits per heavy atom. The molecule has 2 aliphatic rings. The molecular formula is C20H24ClN6O3S-. The Kier molecular flexibility index (Phi) is 6.05. The zero-order valence-corrected chi connectivity index (χ0v) is 18.9. The summed E-state index contributed by atoms with van der Waals surface area (Å²) in [5, 5.41) is 3.82. The lowest BCUT2D eigenvalue weighted by atomic mass is 9.92. The third-order valence-electron chi connectivity index (χ3n) is 5.52. The Hall–Kier alpha value is -2.43. The van der Waals surface area contributed by atoms with Gasteiger partial charge in [-0.3, -0.25) is 9.80 Å². The Balaban J connectivity index is 1.45. The maximum absolute atomic E-state index is 12.9. The molecule has 1 saturated carbocycles. The number of para-hydroxylation sites is 1. The monoisotopic (exact) mass is 463 g/mol. The second-order valence-electron chi connectivity index (χ2n) is 7.91. The third kappa shape index (κ3) is 4.91. The van der Waals surface area contributed by atoms with Gasteiger partial charge >= 0.3 is 6.03 Å². The molecule has 166 valence electrons. The van der Waals surface area contributed by atoms with Crippen LogP contribution in [0.2, 0.25) is 5.02 Å². The maximum atomic E-state index is 12.9. The summed E-state index contributed by atoms with van der Waals surface area (Å²) in [5.74, 6) is 1.01. The van der Waals surface area contributed by atoms with Crippen molar-refractivity contribution in [3.63, 3.8) is 0 Å². The molecule has 1 aromatic heterocycles. The quantitative estimate of drug-likeness (QED) is 0.722. The van der Waals surface area contributed by atoms with Crippen LogP contribution in [-0.2, 0) is 16.6 Å². The predicted molar refractivity (Wildman–Crippen MR) is 121 cm³/mol. The smallest absolute Gasteiger partial charge is 0.330 e. The highest BCUT2D eigenvalue weighted by Crippen LogP contribution is 2.34. The number of amides is 2. The second-order valence-corrected chi connectivity index (χ2v) is 9.99. The molecule has 31 heavy (non-hydrogen) atoms. The van der Waals surface area contributed by atoms with Gasteiger partial charge in [0, 0.05) is 31.1 Å². The number of fused-ring (bicyclic) bond motifs is 1. The number of hydrogen-bond donors (Lipinski definition) is 1. The zero-order valence-electron chi connectivity index (χ0n) is 17.3. The number of halogens is 1. The van der Waals surface area contributed by atoms with Crippen LogP contribution in [-0.4, -0.2) is 49.8 Å². The van der Waals surface area contributed by atoms with Crippen molar-refractivity contribution in [2.24, 2.45) is 0 Å². The highest BCUT2D eigenvalue weighted by Gasteiger charge is 2.31. The zero-order chi connectivity index (χ0) is 22.2. The number of nitrogens with zero attached hydrogens (tertiary/aromatic N) is 5. The van der Waals surface area contributed by atoms with E-state index in [1.165, 1.54) is 4.90 Å². The van der Waals surface area contributed by atoms with E-state index in [4.69, 9.17) is 11.6 Å². The van der Waals surface area contributed by atoms with Gasteiger partial charge in [-0.25, -0.2) is 18.2 Å². The topological polar surface area (TPSA) is 110 Å². The largest absolute Gasteiger partial charge is 0.546 e. The minimum Gasteiger partial charge on any atom is -0.546 e. The molecule has 11 heteroatoms. The molecule has 1 aliphatic carbocycles. The molecule has 1 aliphatic heterocycles. The van der Waals surface area contributed by atoms with Crippen molar-refractivity contribution in [1.82, 2.24) is 9.97 Å². The third-order valence-corrected chi connectivity index (χ3v) is 6.52. The van der Waals surface area contributed by atoms with E-state index >= 15 is 0 Å². The van der Waals surface area contributed by atoms with E-state index in [9.17, 15) is 13.2 Å². The molecule has 0 radical (unpaired) electrons. The Morgan fingerprint density at radius 1 is 1.19 bits per heavy atom. The van der Waals surface area contributed by atoms with Crippen molar-refractivity contribution in [2.45, 2.75) is 44.3 Å². The Bertz CT molecular complexity index is 1090. The second kappa shape index (κ2) is 8.60. The van der Waals surface area contributed by atoms with Crippen molar-refractivity contribution >= 4 is 45.1 Å². The maximum Gasteiger partial charge on any atom is 0.330 e. The summed E-state index contributed by atoms with van der Waals surface area (Å²) in [5.41, 5.74) is 1.47. The first-order chi connectivity index (χ1) is 14.7. The van der Waals surface area contributed by atoms with Crippen molar-refractivity contribution in [1.29, 1.82) is 0 Å². The van der Waals surface area contributed by atoms with E-state index in [0.717, 1.165) is 24.7 Å². The van der Waals surface area contributed by atoms with Gasteiger partial charge in [-0.05, 0) is 25.0 Å². The Labute approximate surface area is 186 Å². The minimum atomic E-state index is -3.32. The lowest BCUT2D eigenvalue weighted by Crippen LogP contribution is -2.46. The van der Waals surface area contributed by atoms with Crippen molar-refractivity contribution in [3.05, 3.63) is 45.8 Å². The van der Waals surface area contributed by atoms with Crippen LogP contribution >= 0.6 is 11.6 Å². The molecule has 1 aromatic carbocycles. The van der Waals surface area contributed by atoms with Gasteiger partial charge in [-0.1, -0.05) is 36.6 Å². The fourth-order valence-electron chi connectivity index (χ4n) is 4.02. The van der Waals surface area contributed by atoms with E-state index < -0.39 is 10.0 Å². The molecule has 2 heterocycles. The molecule has 1 fully saturated rings. The van der Waals surface area contributed by atoms with Crippen LogP contribution in [0.1, 0.15) is 31.2 Å². The van der Waals surface area contributed by atoms with Gasteiger partial charge in [-0.15, -0.1) is 6.04 Å². The molecule has 0 bridgehead atoms.